The minimum atomic E-state index is -0.455. The molecule has 1 N–H and O–H groups in total. The van der Waals surface area contributed by atoms with Gasteiger partial charge in [0.1, 0.15) is 0 Å². The molecule has 7 heteroatoms. The zero-order valence-corrected chi connectivity index (χ0v) is 18.1. The van der Waals surface area contributed by atoms with E-state index in [1.54, 1.807) is 37.4 Å². The Morgan fingerprint density at radius 1 is 1.17 bits per heavy atom. The minimum Gasteiger partial charge on any atom is -0.332 e. The Morgan fingerprint density at radius 3 is 2.48 bits per heavy atom. The molecule has 3 rings (SSSR count). The molecule has 0 saturated carbocycles. The third-order valence-electron chi connectivity index (χ3n) is 5.05. The van der Waals surface area contributed by atoms with Crippen LogP contribution >= 0.6 is 11.6 Å². The summed E-state index contributed by atoms with van der Waals surface area (Å²) in [6, 6.07) is 6.76. The number of hydrogen-bond donors (Lipinski definition) is 1. The van der Waals surface area contributed by atoms with E-state index in [9.17, 15) is 9.59 Å². The summed E-state index contributed by atoms with van der Waals surface area (Å²) in [5.41, 5.74) is 1.20. The Balaban J connectivity index is 1.81. The van der Waals surface area contributed by atoms with E-state index in [0.29, 0.717) is 34.3 Å². The highest BCUT2D eigenvalue weighted by Crippen LogP contribution is 2.33. The maximum Gasteiger partial charge on any atom is 0.259 e. The summed E-state index contributed by atoms with van der Waals surface area (Å²) in [4.78, 5) is 36.5. The third-order valence-corrected chi connectivity index (χ3v) is 5.30. The Labute approximate surface area is 176 Å². The lowest BCUT2D eigenvalue weighted by Gasteiger charge is -2.38. The second-order valence-corrected chi connectivity index (χ2v) is 8.88. The van der Waals surface area contributed by atoms with Gasteiger partial charge in [-0.15, -0.1) is 0 Å². The van der Waals surface area contributed by atoms with Crippen LogP contribution in [0.2, 0.25) is 5.02 Å². The molecule has 0 spiro atoms. The quantitative estimate of drug-likeness (QED) is 0.783. The first-order valence-electron chi connectivity index (χ1n) is 9.88. The SMILES string of the molecule is Cc1nc(C2CCCCN2C(=O)C(C)(C)C)ncc1C(=O)Nc1ccc(Cl)cc1. The molecule has 1 saturated heterocycles. The van der Waals surface area contributed by atoms with Crippen molar-refractivity contribution in [1.29, 1.82) is 0 Å². The van der Waals surface area contributed by atoms with Crippen LogP contribution in [0, 0.1) is 12.3 Å². The van der Waals surface area contributed by atoms with E-state index in [1.165, 1.54) is 0 Å². The highest BCUT2D eigenvalue weighted by Gasteiger charge is 2.35. The molecule has 1 unspecified atom stereocenters. The van der Waals surface area contributed by atoms with Crippen LogP contribution in [0.25, 0.3) is 0 Å². The van der Waals surface area contributed by atoms with Crippen molar-refractivity contribution in [1.82, 2.24) is 14.9 Å². The number of carbonyl (C=O) groups is 2. The smallest absolute Gasteiger partial charge is 0.259 e. The van der Waals surface area contributed by atoms with Gasteiger partial charge in [-0.2, -0.15) is 0 Å². The number of amides is 2. The molecule has 1 aromatic heterocycles. The van der Waals surface area contributed by atoms with Crippen LogP contribution in [0.4, 0.5) is 5.69 Å². The standard InChI is InChI=1S/C22H27ClN4O2/c1-14-17(20(28)26-16-10-8-15(23)9-11-16)13-24-19(25-14)18-7-5-6-12-27(18)21(29)22(2,3)4/h8-11,13,18H,5-7,12H2,1-4H3,(H,26,28). The van der Waals surface area contributed by atoms with E-state index in [4.69, 9.17) is 11.6 Å². The molecule has 0 bridgehead atoms. The predicted molar refractivity (Wildman–Crippen MR) is 114 cm³/mol. The number of aryl methyl sites for hydroxylation is 1. The molecule has 0 radical (unpaired) electrons. The lowest BCUT2D eigenvalue weighted by Crippen LogP contribution is -2.44. The van der Waals surface area contributed by atoms with E-state index < -0.39 is 5.41 Å². The van der Waals surface area contributed by atoms with Crippen molar-refractivity contribution in [3.63, 3.8) is 0 Å². The van der Waals surface area contributed by atoms with Crippen LogP contribution in [0.3, 0.4) is 0 Å². The number of aromatic nitrogens is 2. The molecule has 154 valence electrons. The van der Waals surface area contributed by atoms with Gasteiger partial charge in [0.2, 0.25) is 5.91 Å². The summed E-state index contributed by atoms with van der Waals surface area (Å²) in [6.45, 7) is 8.29. The second-order valence-electron chi connectivity index (χ2n) is 8.45. The number of nitrogens with zero attached hydrogens (tertiary/aromatic N) is 3. The zero-order valence-electron chi connectivity index (χ0n) is 17.3. The van der Waals surface area contributed by atoms with E-state index in [-0.39, 0.29) is 17.9 Å². The number of benzene rings is 1. The first kappa shape index (κ1) is 21.2. The maximum absolute atomic E-state index is 12.9. The van der Waals surface area contributed by atoms with Gasteiger partial charge in [0.15, 0.2) is 5.82 Å². The molecule has 6 nitrogen and oxygen atoms in total. The first-order valence-corrected chi connectivity index (χ1v) is 10.3. The fraction of sp³-hybridized carbons (Fsp3) is 0.455. The number of hydrogen-bond acceptors (Lipinski definition) is 4. The van der Waals surface area contributed by atoms with Crippen LogP contribution in [0.5, 0.6) is 0 Å². The van der Waals surface area contributed by atoms with Crippen molar-refractivity contribution in [2.24, 2.45) is 5.41 Å². The zero-order chi connectivity index (χ0) is 21.2. The van der Waals surface area contributed by atoms with E-state index >= 15 is 0 Å². The predicted octanol–water partition coefficient (Wildman–Crippen LogP) is 4.79. The highest BCUT2D eigenvalue weighted by atomic mass is 35.5. The molecule has 1 aliphatic heterocycles. The number of rotatable bonds is 3. The molecule has 1 atom stereocenters. The third kappa shape index (κ3) is 4.93. The molecule has 1 aliphatic rings. The van der Waals surface area contributed by atoms with Crippen LogP contribution in [0.1, 0.15) is 68.0 Å². The molecule has 29 heavy (non-hydrogen) atoms. The van der Waals surface area contributed by atoms with E-state index in [2.05, 4.69) is 15.3 Å². The Hall–Kier alpha value is -2.47. The molecule has 2 aromatic rings. The van der Waals surface area contributed by atoms with Gasteiger partial charge in [-0.05, 0) is 50.5 Å². The molecule has 2 amide bonds. The normalized spacial score (nSPS) is 17.1. The van der Waals surface area contributed by atoms with Gasteiger partial charge in [0, 0.05) is 28.9 Å². The van der Waals surface area contributed by atoms with Gasteiger partial charge in [0.05, 0.1) is 17.3 Å². The van der Waals surface area contributed by atoms with Crippen molar-refractivity contribution < 1.29 is 9.59 Å². The number of nitrogens with one attached hydrogen (secondary N) is 1. The van der Waals surface area contributed by atoms with Crippen molar-refractivity contribution in [2.45, 2.75) is 53.0 Å². The average molecular weight is 415 g/mol. The fourth-order valence-electron chi connectivity index (χ4n) is 3.47. The van der Waals surface area contributed by atoms with Gasteiger partial charge < -0.3 is 10.2 Å². The van der Waals surface area contributed by atoms with Crippen LogP contribution in [-0.4, -0.2) is 33.2 Å². The number of anilines is 1. The molecule has 2 heterocycles. The van der Waals surface area contributed by atoms with Crippen molar-refractivity contribution in [3.8, 4) is 0 Å². The van der Waals surface area contributed by atoms with E-state index in [0.717, 1.165) is 19.3 Å². The minimum absolute atomic E-state index is 0.105. The molecule has 1 fully saturated rings. The van der Waals surface area contributed by atoms with Gasteiger partial charge in [-0.25, -0.2) is 9.97 Å². The molecule has 1 aromatic carbocycles. The van der Waals surface area contributed by atoms with Gasteiger partial charge in [-0.3, -0.25) is 9.59 Å². The molecular formula is C22H27ClN4O2. The number of halogens is 1. The van der Waals surface area contributed by atoms with Gasteiger partial charge in [0.25, 0.3) is 5.91 Å². The second kappa shape index (κ2) is 8.49. The summed E-state index contributed by atoms with van der Waals surface area (Å²) in [7, 11) is 0. The number of carbonyl (C=O) groups excluding carboxylic acids is 2. The van der Waals surface area contributed by atoms with Crippen LogP contribution in [0.15, 0.2) is 30.5 Å². The first-order chi connectivity index (χ1) is 13.7. The summed E-state index contributed by atoms with van der Waals surface area (Å²) < 4.78 is 0. The molecular weight excluding hydrogens is 388 g/mol. The monoisotopic (exact) mass is 414 g/mol. The Bertz CT molecular complexity index is 906. The summed E-state index contributed by atoms with van der Waals surface area (Å²) in [5, 5.41) is 3.44. The Morgan fingerprint density at radius 2 is 1.86 bits per heavy atom. The number of likely N-dealkylation sites (tertiary alicyclic amines) is 1. The summed E-state index contributed by atoms with van der Waals surface area (Å²) in [5.74, 6) is 0.429. The maximum atomic E-state index is 12.9. The van der Waals surface area contributed by atoms with Crippen molar-refractivity contribution in [2.75, 3.05) is 11.9 Å². The lowest BCUT2D eigenvalue weighted by atomic mass is 9.91. The number of piperidine rings is 1. The van der Waals surface area contributed by atoms with Gasteiger partial charge in [-0.1, -0.05) is 32.4 Å². The fourth-order valence-corrected chi connectivity index (χ4v) is 3.60. The highest BCUT2D eigenvalue weighted by molar-refractivity contribution is 6.30. The van der Waals surface area contributed by atoms with E-state index in [1.807, 2.05) is 25.7 Å². The summed E-state index contributed by atoms with van der Waals surface area (Å²) >= 11 is 5.88. The van der Waals surface area contributed by atoms with Gasteiger partial charge >= 0.3 is 0 Å². The largest absolute Gasteiger partial charge is 0.332 e. The molecule has 0 aliphatic carbocycles. The Kier molecular flexibility index (Phi) is 6.22. The lowest BCUT2D eigenvalue weighted by molar-refractivity contribution is -0.143. The van der Waals surface area contributed by atoms with Crippen LogP contribution in [-0.2, 0) is 4.79 Å². The topological polar surface area (TPSA) is 75.2 Å². The summed E-state index contributed by atoms with van der Waals surface area (Å²) in [6.07, 6.45) is 4.40. The van der Waals surface area contributed by atoms with Crippen LogP contribution < -0.4 is 5.32 Å². The van der Waals surface area contributed by atoms with Crippen molar-refractivity contribution in [3.05, 3.63) is 52.6 Å². The average Bonchev–Trinajstić information content (AvgIpc) is 2.68. The van der Waals surface area contributed by atoms with Crippen molar-refractivity contribution >= 4 is 29.1 Å².